The van der Waals surface area contributed by atoms with E-state index >= 15 is 0 Å². The highest BCUT2D eigenvalue weighted by Gasteiger charge is 2.23. The van der Waals surface area contributed by atoms with Crippen molar-refractivity contribution in [3.63, 3.8) is 0 Å². The number of carbonyl (C=O) groups is 1. The van der Waals surface area contributed by atoms with Crippen molar-refractivity contribution < 1.29 is 14.3 Å². The number of hydrogen-bond acceptors (Lipinski definition) is 5. The fourth-order valence-corrected chi connectivity index (χ4v) is 1.16. The summed E-state index contributed by atoms with van der Waals surface area (Å²) in [7, 11) is 1.37. The summed E-state index contributed by atoms with van der Waals surface area (Å²) in [6, 6.07) is -0.361. The Kier molecular flexibility index (Phi) is 4.05. The molecule has 14 heavy (non-hydrogen) atoms. The minimum absolute atomic E-state index is 0.0403. The van der Waals surface area contributed by atoms with E-state index in [1.165, 1.54) is 7.11 Å². The van der Waals surface area contributed by atoms with Crippen LogP contribution in [0.25, 0.3) is 0 Å². The van der Waals surface area contributed by atoms with Gasteiger partial charge in [0.15, 0.2) is 0 Å². The number of ether oxygens (including phenoxy) is 2. The molecule has 1 aliphatic heterocycles. The number of hydrazine groups is 1. The predicted molar refractivity (Wildman–Crippen MR) is 53.4 cm³/mol. The number of nitrogens with zero attached hydrogens (tertiary/aromatic N) is 2. The molecular weight excluding hydrogens is 206 g/mol. The molecule has 1 saturated heterocycles. The van der Waals surface area contributed by atoms with Gasteiger partial charge in [0.1, 0.15) is 0 Å². The first-order valence-corrected chi connectivity index (χ1v) is 4.57. The highest BCUT2D eigenvalue weighted by atomic mass is 32.1. The van der Waals surface area contributed by atoms with E-state index in [4.69, 9.17) is 22.8 Å². The van der Waals surface area contributed by atoms with Gasteiger partial charge in [0.2, 0.25) is 0 Å². The van der Waals surface area contributed by atoms with E-state index in [1.807, 2.05) is 0 Å². The molecule has 7 heteroatoms. The lowest BCUT2D eigenvalue weighted by Gasteiger charge is -2.29. The summed E-state index contributed by atoms with van der Waals surface area (Å²) in [6.45, 7) is 2.11. The average molecular weight is 219 g/mol. The molecule has 0 atom stereocenters. The third kappa shape index (κ3) is 2.53. The summed E-state index contributed by atoms with van der Waals surface area (Å²) in [5.74, 6) is 5.44. The molecule has 1 aliphatic rings. The van der Waals surface area contributed by atoms with Crippen molar-refractivity contribution in [2.45, 2.75) is 0 Å². The van der Waals surface area contributed by atoms with E-state index in [9.17, 15) is 4.79 Å². The molecule has 1 rings (SSSR count). The molecule has 1 fully saturated rings. The highest BCUT2D eigenvalue weighted by Crippen LogP contribution is 2.01. The summed E-state index contributed by atoms with van der Waals surface area (Å²) in [5, 5.41) is 0.780. The maximum absolute atomic E-state index is 11.6. The monoisotopic (exact) mass is 219 g/mol. The number of thiocarbonyl (C=S) groups is 1. The Balaban J connectivity index is 2.50. The zero-order valence-electron chi connectivity index (χ0n) is 7.93. The van der Waals surface area contributed by atoms with E-state index in [-0.39, 0.29) is 11.2 Å². The van der Waals surface area contributed by atoms with Crippen LogP contribution in [0.3, 0.4) is 0 Å². The quantitative estimate of drug-likeness (QED) is 0.258. The molecule has 0 aliphatic carbocycles. The number of carbonyl (C=O) groups excluding carboxylic acids is 1. The standard InChI is InChI=1S/C7H13N3O3S/c1-12-7(14)10(8)6(11)9-2-4-13-5-3-9/h2-5,8H2,1H3. The fraction of sp³-hybridized carbons (Fsp3) is 0.714. The van der Waals surface area contributed by atoms with Gasteiger partial charge in [0.05, 0.1) is 20.3 Å². The topological polar surface area (TPSA) is 68.0 Å². The molecule has 0 radical (unpaired) electrons. The first-order chi connectivity index (χ1) is 6.66. The number of methoxy groups -OCH3 is 1. The summed E-state index contributed by atoms with van der Waals surface area (Å²) in [5.41, 5.74) is 0. The third-order valence-electron chi connectivity index (χ3n) is 1.86. The normalized spacial score (nSPS) is 16.3. The largest absolute Gasteiger partial charge is 0.473 e. The molecule has 0 aromatic heterocycles. The Labute approximate surface area is 87.5 Å². The number of nitrogens with two attached hydrogens (primary N) is 1. The van der Waals surface area contributed by atoms with Gasteiger partial charge in [0, 0.05) is 13.1 Å². The smallest absolute Gasteiger partial charge is 0.342 e. The summed E-state index contributed by atoms with van der Waals surface area (Å²) >= 11 is 4.72. The van der Waals surface area contributed by atoms with Gasteiger partial charge in [-0.15, -0.1) is 0 Å². The second-order valence-electron chi connectivity index (χ2n) is 2.72. The zero-order valence-corrected chi connectivity index (χ0v) is 8.75. The SMILES string of the molecule is COC(=S)N(N)C(=O)N1CCOCC1. The maximum Gasteiger partial charge on any atom is 0.342 e. The van der Waals surface area contributed by atoms with Crippen molar-refractivity contribution in [1.82, 2.24) is 9.91 Å². The second kappa shape index (κ2) is 5.08. The van der Waals surface area contributed by atoms with Crippen LogP contribution < -0.4 is 5.84 Å². The van der Waals surface area contributed by atoms with Gasteiger partial charge in [-0.05, 0) is 12.2 Å². The van der Waals surface area contributed by atoms with Crippen LogP contribution in [0, 0.1) is 0 Å². The number of urea groups is 1. The molecule has 1 heterocycles. The lowest BCUT2D eigenvalue weighted by molar-refractivity contribution is 0.0468. The van der Waals surface area contributed by atoms with Gasteiger partial charge in [-0.1, -0.05) is 0 Å². The van der Waals surface area contributed by atoms with Crippen LogP contribution in [0.5, 0.6) is 0 Å². The predicted octanol–water partition coefficient (Wildman–Crippen LogP) is -0.454. The summed E-state index contributed by atoms with van der Waals surface area (Å²) < 4.78 is 9.78. The van der Waals surface area contributed by atoms with Crippen LogP contribution in [0.4, 0.5) is 4.79 Å². The molecule has 2 amide bonds. The van der Waals surface area contributed by atoms with Gasteiger partial charge in [0.25, 0.3) is 5.17 Å². The number of rotatable bonds is 0. The molecule has 0 spiro atoms. The zero-order chi connectivity index (χ0) is 10.6. The summed E-state index contributed by atoms with van der Waals surface area (Å²) in [6.07, 6.45) is 0. The minimum Gasteiger partial charge on any atom is -0.473 e. The van der Waals surface area contributed by atoms with Crippen molar-refractivity contribution >= 4 is 23.4 Å². The Bertz CT molecular complexity index is 230. The molecule has 0 unspecified atom stereocenters. The maximum atomic E-state index is 11.6. The van der Waals surface area contributed by atoms with Gasteiger partial charge < -0.3 is 14.4 Å². The van der Waals surface area contributed by atoms with Crippen LogP contribution in [0.15, 0.2) is 0 Å². The number of amides is 2. The van der Waals surface area contributed by atoms with Gasteiger partial charge in [-0.25, -0.2) is 10.6 Å². The molecule has 0 aromatic carbocycles. The molecule has 80 valence electrons. The molecule has 6 nitrogen and oxygen atoms in total. The highest BCUT2D eigenvalue weighted by molar-refractivity contribution is 7.80. The van der Waals surface area contributed by atoms with Gasteiger partial charge >= 0.3 is 6.03 Å². The van der Waals surface area contributed by atoms with Crippen LogP contribution >= 0.6 is 12.2 Å². The van der Waals surface area contributed by atoms with E-state index in [1.54, 1.807) is 4.90 Å². The van der Waals surface area contributed by atoms with Crippen molar-refractivity contribution in [2.75, 3.05) is 33.4 Å². The van der Waals surface area contributed by atoms with E-state index in [2.05, 4.69) is 4.74 Å². The molecule has 2 N–H and O–H groups in total. The molecule has 0 bridgehead atoms. The van der Waals surface area contributed by atoms with Crippen LogP contribution in [0.2, 0.25) is 0 Å². The fourth-order valence-electron chi connectivity index (χ4n) is 1.08. The van der Waals surface area contributed by atoms with E-state index in [0.29, 0.717) is 26.3 Å². The van der Waals surface area contributed by atoms with Gasteiger partial charge in [-0.3, -0.25) is 0 Å². The molecule has 0 saturated carbocycles. The molecular formula is C7H13N3O3S. The third-order valence-corrected chi connectivity index (χ3v) is 2.22. The van der Waals surface area contributed by atoms with E-state index in [0.717, 1.165) is 5.01 Å². The molecule has 0 aromatic rings. The lowest BCUT2D eigenvalue weighted by atomic mass is 10.4. The number of morpholine rings is 1. The Morgan fingerprint density at radius 3 is 2.64 bits per heavy atom. The average Bonchev–Trinajstić information content (AvgIpc) is 2.27. The van der Waals surface area contributed by atoms with Crippen molar-refractivity contribution in [3.8, 4) is 0 Å². The van der Waals surface area contributed by atoms with Crippen molar-refractivity contribution in [1.29, 1.82) is 0 Å². The first-order valence-electron chi connectivity index (χ1n) is 4.16. The van der Waals surface area contributed by atoms with Crippen LogP contribution in [-0.2, 0) is 9.47 Å². The lowest BCUT2D eigenvalue weighted by Crippen LogP contribution is -2.53. The van der Waals surface area contributed by atoms with Crippen LogP contribution in [-0.4, -0.2) is 54.5 Å². The Morgan fingerprint density at radius 1 is 1.57 bits per heavy atom. The van der Waals surface area contributed by atoms with E-state index < -0.39 is 0 Å². The summed E-state index contributed by atoms with van der Waals surface area (Å²) in [4.78, 5) is 13.2. The second-order valence-corrected chi connectivity index (χ2v) is 3.07. The minimum atomic E-state index is -0.361. The van der Waals surface area contributed by atoms with Crippen molar-refractivity contribution in [3.05, 3.63) is 0 Å². The Morgan fingerprint density at radius 2 is 2.14 bits per heavy atom. The first kappa shape index (κ1) is 11.2. The van der Waals surface area contributed by atoms with Gasteiger partial charge in [-0.2, -0.15) is 5.01 Å². The van der Waals surface area contributed by atoms with Crippen molar-refractivity contribution in [2.24, 2.45) is 5.84 Å². The Hall–Kier alpha value is -0.920. The van der Waals surface area contributed by atoms with Crippen LogP contribution in [0.1, 0.15) is 0 Å². The number of hydrogen-bond donors (Lipinski definition) is 1.